The van der Waals surface area contributed by atoms with Gasteiger partial charge in [-0.2, -0.15) is 5.26 Å². The molecule has 0 aromatic heterocycles. The first kappa shape index (κ1) is 13.7. The average molecular weight is 230 g/mol. The Morgan fingerprint density at radius 1 is 1.29 bits per heavy atom. The summed E-state index contributed by atoms with van der Waals surface area (Å²) in [6.45, 7) is 10.3. The van der Waals surface area contributed by atoms with Crippen LogP contribution in [0.2, 0.25) is 0 Å². The third kappa shape index (κ3) is 3.31. The Morgan fingerprint density at radius 3 is 2.18 bits per heavy atom. The monoisotopic (exact) mass is 230 g/mol. The van der Waals surface area contributed by atoms with Gasteiger partial charge < -0.3 is 5.73 Å². The molecular weight excluding hydrogens is 208 g/mol. The Kier molecular flexibility index (Phi) is 3.95. The summed E-state index contributed by atoms with van der Waals surface area (Å²) in [6.07, 6.45) is 0.689. The summed E-state index contributed by atoms with van der Waals surface area (Å²) < 4.78 is 0. The maximum absolute atomic E-state index is 9.00. The molecule has 2 nitrogen and oxygen atoms in total. The zero-order valence-corrected chi connectivity index (χ0v) is 11.5. The summed E-state index contributed by atoms with van der Waals surface area (Å²) in [4.78, 5) is 0. The largest absolute Gasteiger partial charge is 0.314 e. The second-order valence-corrected chi connectivity index (χ2v) is 5.45. The van der Waals surface area contributed by atoms with Gasteiger partial charge in [0.2, 0.25) is 0 Å². The van der Waals surface area contributed by atoms with Crippen molar-refractivity contribution in [3.05, 3.63) is 34.4 Å². The molecule has 92 valence electrons. The van der Waals surface area contributed by atoms with Gasteiger partial charge in [0.1, 0.15) is 5.54 Å². The van der Waals surface area contributed by atoms with E-state index in [2.05, 4.69) is 45.9 Å². The fourth-order valence-corrected chi connectivity index (χ4v) is 2.75. The van der Waals surface area contributed by atoms with E-state index in [1.54, 1.807) is 6.92 Å². The molecule has 0 bridgehead atoms. The topological polar surface area (TPSA) is 49.8 Å². The smallest absolute Gasteiger partial charge is 0.102 e. The van der Waals surface area contributed by atoms with E-state index in [0.717, 1.165) is 0 Å². The predicted octanol–water partition coefficient (Wildman–Crippen LogP) is 3.35. The van der Waals surface area contributed by atoms with Crippen molar-refractivity contribution in [2.75, 3.05) is 0 Å². The van der Waals surface area contributed by atoms with Crippen LogP contribution in [-0.4, -0.2) is 5.54 Å². The van der Waals surface area contributed by atoms with Crippen LogP contribution in [0.1, 0.15) is 48.4 Å². The van der Waals surface area contributed by atoms with Crippen molar-refractivity contribution >= 4 is 0 Å². The molecule has 2 heteroatoms. The fraction of sp³-hybridized carbons (Fsp3) is 0.533. The van der Waals surface area contributed by atoms with E-state index in [1.807, 2.05) is 0 Å². The molecule has 1 rings (SSSR count). The number of rotatable bonds is 3. The van der Waals surface area contributed by atoms with Crippen LogP contribution in [0.4, 0.5) is 0 Å². The first-order chi connectivity index (χ1) is 7.76. The van der Waals surface area contributed by atoms with Gasteiger partial charge in [-0.05, 0) is 56.7 Å². The van der Waals surface area contributed by atoms with Gasteiger partial charge in [0.15, 0.2) is 0 Å². The van der Waals surface area contributed by atoms with E-state index < -0.39 is 5.54 Å². The van der Waals surface area contributed by atoms with E-state index in [1.165, 1.54) is 22.3 Å². The number of hydrogen-bond acceptors (Lipinski definition) is 2. The highest BCUT2D eigenvalue weighted by Gasteiger charge is 2.23. The van der Waals surface area contributed by atoms with Crippen LogP contribution in [0.3, 0.4) is 0 Å². The highest BCUT2D eigenvalue weighted by Crippen LogP contribution is 2.30. The second kappa shape index (κ2) is 4.89. The van der Waals surface area contributed by atoms with Crippen molar-refractivity contribution in [1.29, 1.82) is 5.26 Å². The van der Waals surface area contributed by atoms with Crippen LogP contribution < -0.4 is 5.73 Å². The molecule has 0 spiro atoms. The number of hydrogen-bond donors (Lipinski definition) is 1. The van der Waals surface area contributed by atoms with Gasteiger partial charge in [-0.15, -0.1) is 0 Å². The van der Waals surface area contributed by atoms with Gasteiger partial charge in [-0.1, -0.05) is 24.6 Å². The van der Waals surface area contributed by atoms with Crippen LogP contribution in [0.25, 0.3) is 0 Å². The number of aryl methyl sites for hydroxylation is 3. The molecule has 1 aromatic carbocycles. The summed E-state index contributed by atoms with van der Waals surface area (Å²) in [5.74, 6) is 0.310. The van der Waals surface area contributed by atoms with Crippen LogP contribution in [-0.2, 0) is 0 Å². The quantitative estimate of drug-likeness (QED) is 0.865. The van der Waals surface area contributed by atoms with Crippen molar-refractivity contribution < 1.29 is 0 Å². The van der Waals surface area contributed by atoms with E-state index in [4.69, 9.17) is 11.0 Å². The Morgan fingerprint density at radius 2 is 1.76 bits per heavy atom. The zero-order chi connectivity index (χ0) is 13.2. The minimum atomic E-state index is -0.747. The minimum absolute atomic E-state index is 0.310. The fourth-order valence-electron chi connectivity index (χ4n) is 2.75. The molecule has 2 N–H and O–H groups in total. The molecule has 0 aliphatic heterocycles. The lowest BCUT2D eigenvalue weighted by molar-refractivity contribution is 0.492. The average Bonchev–Trinajstić information content (AvgIpc) is 2.14. The number of benzene rings is 1. The summed E-state index contributed by atoms with van der Waals surface area (Å²) in [5, 5.41) is 9.00. The molecule has 0 amide bonds. The van der Waals surface area contributed by atoms with Gasteiger partial charge >= 0.3 is 0 Å². The standard InChI is InChI=1S/C15H22N2/c1-10-6-11(2)14(12(3)7-10)13(4)8-15(5,17)9-16/h6-7,13H,8,17H2,1-5H3. The van der Waals surface area contributed by atoms with Gasteiger partial charge in [0.05, 0.1) is 6.07 Å². The highest BCUT2D eigenvalue weighted by molar-refractivity contribution is 5.40. The molecule has 0 fully saturated rings. The molecule has 0 radical (unpaired) electrons. The van der Waals surface area contributed by atoms with Crippen molar-refractivity contribution in [1.82, 2.24) is 0 Å². The Bertz CT molecular complexity index is 429. The zero-order valence-electron chi connectivity index (χ0n) is 11.5. The third-order valence-electron chi connectivity index (χ3n) is 3.22. The molecule has 2 unspecified atom stereocenters. The lowest BCUT2D eigenvalue weighted by atomic mass is 9.83. The van der Waals surface area contributed by atoms with Crippen molar-refractivity contribution in [3.8, 4) is 6.07 Å². The SMILES string of the molecule is Cc1cc(C)c(C(C)CC(C)(N)C#N)c(C)c1. The Balaban J connectivity index is 3.06. The van der Waals surface area contributed by atoms with Gasteiger partial charge in [-0.3, -0.25) is 0 Å². The Hall–Kier alpha value is -1.33. The second-order valence-electron chi connectivity index (χ2n) is 5.45. The normalized spacial score (nSPS) is 16.1. The maximum Gasteiger partial charge on any atom is 0.102 e. The van der Waals surface area contributed by atoms with E-state index in [9.17, 15) is 0 Å². The molecule has 17 heavy (non-hydrogen) atoms. The van der Waals surface area contributed by atoms with E-state index >= 15 is 0 Å². The number of nitrogens with zero attached hydrogens (tertiary/aromatic N) is 1. The van der Waals surface area contributed by atoms with Crippen LogP contribution in [0, 0.1) is 32.1 Å². The number of nitrogens with two attached hydrogens (primary N) is 1. The van der Waals surface area contributed by atoms with E-state index in [-0.39, 0.29) is 0 Å². The molecule has 0 heterocycles. The van der Waals surface area contributed by atoms with Crippen LogP contribution >= 0.6 is 0 Å². The summed E-state index contributed by atoms with van der Waals surface area (Å²) in [6, 6.07) is 6.56. The molecule has 0 aliphatic carbocycles. The molecule has 0 saturated carbocycles. The first-order valence-corrected chi connectivity index (χ1v) is 6.04. The van der Waals surface area contributed by atoms with Gasteiger partial charge in [0, 0.05) is 0 Å². The summed E-state index contributed by atoms with van der Waals surface area (Å²) >= 11 is 0. The van der Waals surface area contributed by atoms with E-state index in [0.29, 0.717) is 12.3 Å². The van der Waals surface area contributed by atoms with Crippen molar-refractivity contribution in [2.45, 2.75) is 52.5 Å². The first-order valence-electron chi connectivity index (χ1n) is 6.04. The molecule has 0 aliphatic rings. The van der Waals surface area contributed by atoms with Crippen molar-refractivity contribution in [3.63, 3.8) is 0 Å². The van der Waals surface area contributed by atoms with Gasteiger partial charge in [0.25, 0.3) is 0 Å². The Labute approximate surface area is 104 Å². The maximum atomic E-state index is 9.00. The molecule has 2 atom stereocenters. The lowest BCUT2D eigenvalue weighted by Crippen LogP contribution is -2.35. The summed E-state index contributed by atoms with van der Waals surface area (Å²) in [5.41, 5.74) is 10.4. The predicted molar refractivity (Wildman–Crippen MR) is 71.9 cm³/mol. The lowest BCUT2D eigenvalue weighted by Gasteiger charge is -2.24. The van der Waals surface area contributed by atoms with Crippen molar-refractivity contribution in [2.24, 2.45) is 5.73 Å². The van der Waals surface area contributed by atoms with Crippen LogP contribution in [0.5, 0.6) is 0 Å². The molecule has 0 saturated heterocycles. The number of nitriles is 1. The van der Waals surface area contributed by atoms with Gasteiger partial charge in [-0.25, -0.2) is 0 Å². The third-order valence-corrected chi connectivity index (χ3v) is 3.22. The highest BCUT2D eigenvalue weighted by atomic mass is 14.7. The molecule has 1 aromatic rings. The minimum Gasteiger partial charge on any atom is -0.314 e. The summed E-state index contributed by atoms with van der Waals surface area (Å²) in [7, 11) is 0. The van der Waals surface area contributed by atoms with Crippen LogP contribution in [0.15, 0.2) is 12.1 Å². The molecular formula is C15H22N2.